The number of ketones is 1. The Labute approximate surface area is 790 Å². The van der Waals surface area contributed by atoms with Gasteiger partial charge in [-0.3, -0.25) is 86.9 Å². The van der Waals surface area contributed by atoms with E-state index in [4.69, 9.17) is 27.3 Å². The number of phenolic OH excluding ortho intramolecular Hbond substituents is 1. The quantitative estimate of drug-likeness (QED) is 0.0132. The van der Waals surface area contributed by atoms with Gasteiger partial charge in [0.05, 0.1) is 50.8 Å². The summed E-state index contributed by atoms with van der Waals surface area (Å²) in [5.41, 5.74) is 19.9. The number of primary amides is 2. The van der Waals surface area contributed by atoms with E-state index in [0.29, 0.717) is 57.0 Å². The molecule has 1 unspecified atom stereocenters. The van der Waals surface area contributed by atoms with E-state index in [-0.39, 0.29) is 115 Å². The number of nitrogens with zero attached hydrogens (tertiary/aromatic N) is 6. The highest BCUT2D eigenvalue weighted by molar-refractivity contribution is 8.00. The molecule has 3 saturated heterocycles. The van der Waals surface area contributed by atoms with Crippen molar-refractivity contribution in [3.8, 4) is 5.75 Å². The zero-order valence-corrected chi connectivity index (χ0v) is 78.5. The predicted octanol–water partition coefficient (Wildman–Crippen LogP) is -3.01. The molecular weight excluding hydrogens is 1780 g/mol. The van der Waals surface area contributed by atoms with E-state index in [1.165, 1.54) is 69.8 Å². The summed E-state index contributed by atoms with van der Waals surface area (Å²) in [6.45, 7) is 5.52. The number of unbranched alkanes of at least 4 members (excludes halogenated alkanes) is 1. The van der Waals surface area contributed by atoms with Gasteiger partial charge in [0.1, 0.15) is 84.3 Å². The van der Waals surface area contributed by atoms with Crippen molar-refractivity contribution in [1.82, 2.24) is 103 Å². The SMILES string of the molecule is CCCC[C@H]1C(=O)N(C)[C@@H](COCC)C(=O)N[C@@H](CCCNC(=N)N)C(=O)NC(C(=O)CNCC(N)=O)CSCC(=O)N[C@@H](Cc2ccc(O)cc2)C(=O)N(C)[C@@H](C)C(=O)N[C@@H](CC(N)=O)C(=O)N2CCC[C@H]2C(=O)N[C@@H](Cc2cnc[nH]2)C(=O)N[C@@H](CC(C)C)C(=O)N2CCC[C@H]2C(=O)N[C@@H](Cc2c[nH]c3ccccc23)C(=O)N[C@@H](CO)C(=O)N[C@@H](Cc2c[nH]c3ccccc23)C(=O)N1C. The lowest BCUT2D eigenvalue weighted by molar-refractivity contribution is -0.150. The molecule has 0 spiro atoms. The first kappa shape index (κ1) is 106. The van der Waals surface area contributed by atoms with Crippen LogP contribution in [0.15, 0.2) is 97.7 Å². The highest BCUT2D eigenvalue weighted by Crippen LogP contribution is 2.28. The van der Waals surface area contributed by atoms with Gasteiger partial charge in [0.15, 0.2) is 11.7 Å². The summed E-state index contributed by atoms with van der Waals surface area (Å²) in [5, 5.41) is 60.2. The largest absolute Gasteiger partial charge is 0.508 e. The number of phenols is 1. The van der Waals surface area contributed by atoms with Crippen molar-refractivity contribution in [3.63, 3.8) is 0 Å². The van der Waals surface area contributed by atoms with Crippen LogP contribution in [-0.4, -0.2) is 331 Å². The van der Waals surface area contributed by atoms with Gasteiger partial charge in [-0.2, -0.15) is 0 Å². The zero-order valence-electron chi connectivity index (χ0n) is 77.6. The molecule has 136 heavy (non-hydrogen) atoms. The van der Waals surface area contributed by atoms with Crippen molar-refractivity contribution < 1.29 is 96.5 Å². The molecule has 738 valence electrons. The van der Waals surface area contributed by atoms with Crippen LogP contribution in [0.5, 0.6) is 5.75 Å². The van der Waals surface area contributed by atoms with Gasteiger partial charge < -0.3 is 130 Å². The van der Waals surface area contributed by atoms with Crippen LogP contribution in [0.2, 0.25) is 0 Å². The first-order valence-corrected chi connectivity index (χ1v) is 46.7. The molecule has 0 saturated carbocycles. The number of ether oxygens (including phenoxy) is 1. The minimum absolute atomic E-state index is 0.00406. The highest BCUT2D eigenvalue weighted by Gasteiger charge is 2.46. The Morgan fingerprint density at radius 2 is 1.09 bits per heavy atom. The van der Waals surface area contributed by atoms with Gasteiger partial charge in [0, 0.05) is 125 Å². The number of nitrogens with one attached hydrogen (secondary N) is 15. The molecule has 3 fully saturated rings. The number of guanidine groups is 1. The van der Waals surface area contributed by atoms with Gasteiger partial charge in [-0.25, -0.2) is 4.98 Å². The Morgan fingerprint density at radius 3 is 1.65 bits per heavy atom. The number of H-pyrrole nitrogens is 3. The molecule has 3 aromatic heterocycles. The van der Waals surface area contributed by atoms with E-state index in [1.54, 1.807) is 81.7 Å². The lowest BCUT2D eigenvalue weighted by atomic mass is 10.0. The molecule has 6 aromatic rings. The number of aromatic amines is 3. The number of benzene rings is 3. The number of fused-ring (bicyclic) bond motifs is 4. The molecule has 23 N–H and O–H groups in total. The van der Waals surface area contributed by atoms with Gasteiger partial charge in [-0.15, -0.1) is 11.8 Å². The van der Waals surface area contributed by atoms with E-state index < -0.39 is 235 Å². The van der Waals surface area contributed by atoms with Crippen LogP contribution < -0.4 is 75.7 Å². The van der Waals surface area contributed by atoms with Crippen LogP contribution in [-0.2, 0) is 112 Å². The van der Waals surface area contributed by atoms with Gasteiger partial charge >= 0.3 is 0 Å². The molecule has 0 aliphatic carbocycles. The number of amides is 16. The monoisotopic (exact) mass is 1910 g/mol. The number of aliphatic hydroxyl groups excluding tert-OH is 1. The van der Waals surface area contributed by atoms with E-state index in [2.05, 4.69) is 78.4 Å². The Hall–Kier alpha value is -13.6. The summed E-state index contributed by atoms with van der Waals surface area (Å²) in [6.07, 6.45) is 5.21. The predicted molar refractivity (Wildman–Crippen MR) is 500 cm³/mol. The third-order valence-corrected chi connectivity index (χ3v) is 25.2. The second kappa shape index (κ2) is 51.2. The van der Waals surface area contributed by atoms with Crippen LogP contribution in [0.25, 0.3) is 21.8 Å². The number of thioether (sulfide) groups is 1. The van der Waals surface area contributed by atoms with Crippen LogP contribution in [0.1, 0.15) is 128 Å². The van der Waals surface area contributed by atoms with Crippen LogP contribution in [0.4, 0.5) is 0 Å². The van der Waals surface area contributed by atoms with Gasteiger partial charge in [-0.05, 0) is 112 Å². The van der Waals surface area contributed by atoms with Crippen molar-refractivity contribution in [2.75, 3.05) is 85.2 Å². The first-order chi connectivity index (χ1) is 64.9. The number of rotatable bonds is 28. The lowest BCUT2D eigenvalue weighted by Gasteiger charge is -2.36. The molecule has 44 nitrogen and oxygen atoms in total. The smallest absolute Gasteiger partial charge is 0.246 e. The Balaban J connectivity index is 1.10. The molecule has 3 aliphatic heterocycles. The van der Waals surface area contributed by atoms with E-state index in [1.807, 2.05) is 6.92 Å². The number of aromatic hydroxyl groups is 1. The molecule has 6 heterocycles. The summed E-state index contributed by atoms with van der Waals surface area (Å²) < 4.78 is 5.85. The standard InChI is InChI=1S/C91H128N24O20S/c1-9-11-24-72-90(134)113(8)73(46-135-10-2)85(129)103-61(23-16-31-98-91(94)95)79(123)110-69(74(118)43-96-44-76(93)120)47-136-48-77(121)102-65(35-52-27-29-56(117)30-28-52)86(130)111(6)51(5)78(122)106-67(39-75(92)119)89(133)115-33-18-26-71(115)84(128)105-63(38-55-42-97-49-101-55)81(125)107-64(34-50(3)4)88(132)114-32-17-25-70(114)83(127)104-62(36-53-40-99-59-21-14-12-19-57(53)59)80(124)109-68(45-116)82(126)108-66(87(131)112(72)7)37-54-41-100-60-22-15-13-20-58(54)60/h12-15,19-22,27-30,40-42,49-51,61-73,96,99-100,116-117H,9-11,16-18,23-26,31-39,43-48H2,1-8H3,(H2,92,119)(H2,93,120)(H,97,101)(H,102,121)(H,103,129)(H,104,127)(H,105,128)(H,106,122)(H,107,125)(H,108,126)(H,109,124)(H,110,123)(H4,94,95,98)/t51-,61-,62-,63-,64-,65-,66-,67-,68-,69?,70-,71-,72-,73-/m0/s1. The number of hydrogen-bond donors (Lipinski definition) is 20. The van der Waals surface area contributed by atoms with Crippen LogP contribution in [0, 0.1) is 11.3 Å². The molecule has 0 radical (unpaired) electrons. The number of nitrogens with two attached hydrogens (primary N) is 3. The molecule has 9 rings (SSSR count). The molecule has 0 bridgehead atoms. The van der Waals surface area contributed by atoms with E-state index in [9.17, 15) is 48.6 Å². The number of Topliss-reactive ketones (excluding diaryl/α,β-unsaturated/α-hetero) is 1. The second-order valence-corrected chi connectivity index (χ2v) is 35.7. The number of likely N-dealkylation sites (N-methyl/N-ethyl adjacent to an activating group) is 3. The number of aromatic nitrogens is 4. The molecule has 3 aromatic carbocycles. The minimum Gasteiger partial charge on any atom is -0.508 e. The Kier molecular flexibility index (Phi) is 40.0. The topological polar surface area (TPSA) is 651 Å². The van der Waals surface area contributed by atoms with Crippen molar-refractivity contribution in [2.45, 2.75) is 216 Å². The zero-order chi connectivity index (χ0) is 99.1. The average Bonchev–Trinajstić information content (AvgIpc) is 1.59. The molecular formula is C91H128N24O20S. The number of aliphatic hydroxyl groups is 1. The number of imidazole rings is 1. The van der Waals surface area contributed by atoms with Crippen molar-refractivity contribution >= 4 is 140 Å². The fourth-order valence-corrected chi connectivity index (χ4v) is 17.5. The Bertz CT molecular complexity index is 5230. The van der Waals surface area contributed by atoms with Crippen LogP contribution in [0.3, 0.4) is 0 Å². The Morgan fingerprint density at radius 1 is 0.559 bits per heavy atom. The summed E-state index contributed by atoms with van der Waals surface area (Å²) in [6, 6.07) is -1.69. The summed E-state index contributed by atoms with van der Waals surface area (Å²) in [4.78, 5) is 269. The van der Waals surface area contributed by atoms with Gasteiger partial charge in [-0.1, -0.05) is 82.1 Å². The summed E-state index contributed by atoms with van der Waals surface area (Å²) in [5.74, 6) is -17.2. The van der Waals surface area contributed by atoms with Crippen molar-refractivity contribution in [1.29, 1.82) is 5.41 Å². The van der Waals surface area contributed by atoms with Crippen molar-refractivity contribution in [3.05, 3.63) is 120 Å². The van der Waals surface area contributed by atoms with E-state index >= 15 is 43.2 Å². The maximum absolute atomic E-state index is 15.8. The second-order valence-electron chi connectivity index (χ2n) is 34.6. The molecule has 45 heteroatoms. The minimum atomic E-state index is -1.86. The van der Waals surface area contributed by atoms with Crippen LogP contribution >= 0.6 is 11.8 Å². The highest BCUT2D eigenvalue weighted by atomic mass is 32.2. The molecule has 16 amide bonds. The third kappa shape index (κ3) is 29.7. The third-order valence-electron chi connectivity index (χ3n) is 24.2. The fourth-order valence-electron chi connectivity index (χ4n) is 16.6. The normalized spacial score (nSPS) is 24.1. The molecule has 14 atom stereocenters. The summed E-state index contributed by atoms with van der Waals surface area (Å²) in [7, 11) is 3.84. The van der Waals surface area contributed by atoms with E-state index in [0.717, 1.165) is 31.4 Å². The number of carbonyl (C=O) groups excluding carboxylic acids is 17. The molecule has 3 aliphatic rings. The maximum atomic E-state index is 15.8. The van der Waals surface area contributed by atoms with Crippen molar-refractivity contribution in [2.24, 2.45) is 23.1 Å². The summed E-state index contributed by atoms with van der Waals surface area (Å²) >= 11 is 0.792. The average molecular weight is 1910 g/mol. The first-order valence-electron chi connectivity index (χ1n) is 45.5. The van der Waals surface area contributed by atoms with Gasteiger partial charge in [0.2, 0.25) is 94.5 Å². The number of carbonyl (C=O) groups is 17. The lowest BCUT2D eigenvalue weighted by Crippen LogP contribution is -2.62. The fraction of sp³-hybridized carbons (Fsp3) is 0.527. The maximum Gasteiger partial charge on any atom is 0.246 e. The van der Waals surface area contributed by atoms with Gasteiger partial charge in [0.25, 0.3) is 0 Å². The number of para-hydroxylation sites is 2. The number of hydrogen-bond acceptors (Lipinski definition) is 24.